The lowest BCUT2D eigenvalue weighted by atomic mass is 10.2. The average molecular weight is 253 g/mol. The van der Waals surface area contributed by atoms with E-state index in [0.29, 0.717) is 0 Å². The Morgan fingerprint density at radius 1 is 1.05 bits per heavy atom. The molecule has 0 saturated carbocycles. The van der Waals surface area contributed by atoms with Crippen molar-refractivity contribution in [3.8, 4) is 5.69 Å². The third-order valence-corrected chi connectivity index (χ3v) is 3.57. The van der Waals surface area contributed by atoms with Crippen molar-refractivity contribution in [2.75, 3.05) is 0 Å². The molecule has 19 heavy (non-hydrogen) atoms. The van der Waals surface area contributed by atoms with E-state index in [0.717, 1.165) is 27.8 Å². The summed E-state index contributed by atoms with van der Waals surface area (Å²) in [6.07, 6.45) is 1.76. The minimum absolute atomic E-state index is 0.0484. The van der Waals surface area contributed by atoms with E-state index in [1.54, 1.807) is 13.2 Å². The lowest BCUT2D eigenvalue weighted by molar-refractivity contribution is 0.718. The Hall–Kier alpha value is -2.36. The highest BCUT2D eigenvalue weighted by Crippen LogP contribution is 2.25. The van der Waals surface area contributed by atoms with E-state index in [9.17, 15) is 4.79 Å². The van der Waals surface area contributed by atoms with Crippen molar-refractivity contribution in [3.63, 3.8) is 0 Å². The molecule has 0 bridgehead atoms. The zero-order valence-electron chi connectivity index (χ0n) is 11.2. The van der Waals surface area contributed by atoms with Crippen LogP contribution in [-0.2, 0) is 7.05 Å². The molecule has 1 aromatic carbocycles. The predicted molar refractivity (Wildman–Crippen MR) is 75.8 cm³/mol. The molecule has 0 aliphatic carbocycles. The van der Waals surface area contributed by atoms with Crippen molar-refractivity contribution in [1.29, 1.82) is 0 Å². The molecule has 2 heterocycles. The highest BCUT2D eigenvalue weighted by molar-refractivity contribution is 5.87. The van der Waals surface area contributed by atoms with Crippen LogP contribution >= 0.6 is 0 Å². The van der Waals surface area contributed by atoms with Gasteiger partial charge in [-0.05, 0) is 26.0 Å². The van der Waals surface area contributed by atoms with E-state index in [-0.39, 0.29) is 5.56 Å². The number of nitrogens with zero attached hydrogens (tertiary/aromatic N) is 3. The van der Waals surface area contributed by atoms with Gasteiger partial charge in [0.1, 0.15) is 0 Å². The zero-order valence-corrected chi connectivity index (χ0v) is 11.2. The van der Waals surface area contributed by atoms with Gasteiger partial charge < -0.3 is 4.57 Å². The molecule has 0 radical (unpaired) electrons. The summed E-state index contributed by atoms with van der Waals surface area (Å²) in [5.74, 6) is 0. The normalized spacial score (nSPS) is 11.1. The van der Waals surface area contributed by atoms with Gasteiger partial charge in [-0.1, -0.05) is 18.2 Å². The first-order valence-electron chi connectivity index (χ1n) is 6.20. The molecule has 4 heteroatoms. The number of aromatic nitrogens is 3. The first kappa shape index (κ1) is 11.7. The van der Waals surface area contributed by atoms with Crippen LogP contribution in [-0.4, -0.2) is 14.3 Å². The SMILES string of the molecule is Cc1c2cnn(C)c(=O)c2c(C)n1-c1ccccc1. The van der Waals surface area contributed by atoms with Gasteiger partial charge in [0.05, 0.1) is 11.6 Å². The molecular weight excluding hydrogens is 238 g/mol. The van der Waals surface area contributed by atoms with Gasteiger partial charge in [0.2, 0.25) is 0 Å². The Labute approximate surface area is 110 Å². The molecule has 0 unspecified atom stereocenters. The predicted octanol–water partition coefficient (Wildman–Crippen LogP) is 2.34. The minimum atomic E-state index is -0.0484. The van der Waals surface area contributed by atoms with Crippen LogP contribution in [0.4, 0.5) is 0 Å². The number of hydrogen-bond donors (Lipinski definition) is 0. The molecule has 0 amide bonds. The molecular formula is C15H15N3O. The maximum Gasteiger partial charge on any atom is 0.276 e. The summed E-state index contributed by atoms with van der Waals surface area (Å²) in [4.78, 5) is 12.2. The molecule has 0 fully saturated rings. The zero-order chi connectivity index (χ0) is 13.6. The van der Waals surface area contributed by atoms with Crippen LogP contribution in [0.3, 0.4) is 0 Å². The van der Waals surface area contributed by atoms with Crippen LogP contribution < -0.4 is 5.56 Å². The van der Waals surface area contributed by atoms with Crippen LogP contribution in [0.1, 0.15) is 11.4 Å². The van der Waals surface area contributed by atoms with Crippen molar-refractivity contribution in [1.82, 2.24) is 14.3 Å². The van der Waals surface area contributed by atoms with Crippen molar-refractivity contribution in [3.05, 3.63) is 58.3 Å². The number of hydrogen-bond acceptors (Lipinski definition) is 2. The maximum absolute atomic E-state index is 12.2. The van der Waals surface area contributed by atoms with Gasteiger partial charge >= 0.3 is 0 Å². The summed E-state index contributed by atoms with van der Waals surface area (Å²) in [5.41, 5.74) is 3.02. The van der Waals surface area contributed by atoms with Gasteiger partial charge in [0.15, 0.2) is 0 Å². The lowest BCUT2D eigenvalue weighted by Crippen LogP contribution is -2.19. The smallest absolute Gasteiger partial charge is 0.276 e. The third-order valence-electron chi connectivity index (χ3n) is 3.57. The first-order chi connectivity index (χ1) is 9.11. The van der Waals surface area contributed by atoms with Crippen LogP contribution in [0, 0.1) is 13.8 Å². The molecule has 0 spiro atoms. The Bertz CT molecular complexity index is 813. The molecule has 96 valence electrons. The number of aryl methyl sites for hydroxylation is 3. The van der Waals surface area contributed by atoms with E-state index in [1.165, 1.54) is 4.68 Å². The van der Waals surface area contributed by atoms with E-state index < -0.39 is 0 Å². The summed E-state index contributed by atoms with van der Waals surface area (Å²) >= 11 is 0. The molecule has 2 aromatic heterocycles. The molecule has 0 N–H and O–H groups in total. The second kappa shape index (κ2) is 4.09. The van der Waals surface area contributed by atoms with Gasteiger partial charge in [0.25, 0.3) is 5.56 Å². The fourth-order valence-corrected chi connectivity index (χ4v) is 2.61. The second-order valence-corrected chi connectivity index (χ2v) is 4.70. The van der Waals surface area contributed by atoms with Crippen LogP contribution in [0.15, 0.2) is 41.3 Å². The average Bonchev–Trinajstić information content (AvgIpc) is 2.67. The molecule has 0 aliphatic rings. The van der Waals surface area contributed by atoms with Gasteiger partial charge in [-0.25, -0.2) is 4.68 Å². The molecule has 4 nitrogen and oxygen atoms in total. The van der Waals surface area contributed by atoms with Crippen molar-refractivity contribution < 1.29 is 0 Å². The van der Waals surface area contributed by atoms with E-state index >= 15 is 0 Å². The minimum Gasteiger partial charge on any atom is -0.317 e. The summed E-state index contributed by atoms with van der Waals surface area (Å²) in [7, 11) is 1.68. The van der Waals surface area contributed by atoms with Gasteiger partial charge in [-0.2, -0.15) is 5.10 Å². The van der Waals surface area contributed by atoms with Crippen LogP contribution in [0.25, 0.3) is 16.5 Å². The Kier molecular flexibility index (Phi) is 2.52. The fraction of sp³-hybridized carbons (Fsp3) is 0.200. The summed E-state index contributed by atoms with van der Waals surface area (Å²) in [6.45, 7) is 3.99. The quantitative estimate of drug-likeness (QED) is 0.668. The highest BCUT2D eigenvalue weighted by Gasteiger charge is 2.15. The van der Waals surface area contributed by atoms with E-state index in [2.05, 4.69) is 9.67 Å². The van der Waals surface area contributed by atoms with E-state index in [4.69, 9.17) is 0 Å². The number of para-hydroxylation sites is 1. The number of benzene rings is 1. The molecule has 0 atom stereocenters. The van der Waals surface area contributed by atoms with E-state index in [1.807, 2.05) is 44.2 Å². The third kappa shape index (κ3) is 1.60. The largest absolute Gasteiger partial charge is 0.317 e. The molecule has 0 saturated heterocycles. The molecule has 3 aromatic rings. The fourth-order valence-electron chi connectivity index (χ4n) is 2.61. The van der Waals surface area contributed by atoms with Crippen molar-refractivity contribution in [2.45, 2.75) is 13.8 Å². The van der Waals surface area contributed by atoms with Gasteiger partial charge in [0, 0.05) is 29.5 Å². The Morgan fingerprint density at radius 2 is 1.74 bits per heavy atom. The Morgan fingerprint density at radius 3 is 2.42 bits per heavy atom. The standard InChI is InChI=1S/C15H15N3O/c1-10-13-9-16-17(3)15(19)14(13)11(2)18(10)12-7-5-4-6-8-12/h4-9H,1-3H3. The highest BCUT2D eigenvalue weighted by atomic mass is 16.1. The maximum atomic E-state index is 12.2. The topological polar surface area (TPSA) is 39.8 Å². The first-order valence-corrected chi connectivity index (χ1v) is 6.20. The number of fused-ring (bicyclic) bond motifs is 1. The van der Waals surface area contributed by atoms with Gasteiger partial charge in [-0.15, -0.1) is 0 Å². The van der Waals surface area contributed by atoms with Gasteiger partial charge in [-0.3, -0.25) is 4.79 Å². The monoisotopic (exact) mass is 253 g/mol. The van der Waals surface area contributed by atoms with Crippen molar-refractivity contribution >= 4 is 10.8 Å². The summed E-state index contributed by atoms with van der Waals surface area (Å²) < 4.78 is 3.48. The summed E-state index contributed by atoms with van der Waals surface area (Å²) in [5, 5.41) is 5.78. The summed E-state index contributed by atoms with van der Waals surface area (Å²) in [6, 6.07) is 10.1. The van der Waals surface area contributed by atoms with Crippen LogP contribution in [0.2, 0.25) is 0 Å². The lowest BCUT2D eigenvalue weighted by Gasteiger charge is -2.08. The molecule has 3 rings (SSSR count). The Balaban J connectivity index is 2.46. The number of rotatable bonds is 1. The van der Waals surface area contributed by atoms with Crippen molar-refractivity contribution in [2.24, 2.45) is 7.05 Å². The second-order valence-electron chi connectivity index (χ2n) is 4.70. The van der Waals surface area contributed by atoms with Crippen LogP contribution in [0.5, 0.6) is 0 Å². The molecule has 0 aliphatic heterocycles.